The predicted octanol–water partition coefficient (Wildman–Crippen LogP) is 5.38. The van der Waals surface area contributed by atoms with Crippen LogP contribution in [0.15, 0.2) is 48.5 Å². The molecule has 0 aliphatic carbocycles. The molecule has 1 atom stereocenters. The van der Waals surface area contributed by atoms with Gasteiger partial charge < -0.3 is 19.1 Å². The second-order valence-corrected chi connectivity index (χ2v) is 7.33. The first-order valence-corrected chi connectivity index (χ1v) is 9.14. The first-order chi connectivity index (χ1) is 12.7. The molecule has 0 fully saturated rings. The van der Waals surface area contributed by atoms with Crippen LogP contribution in [0.3, 0.4) is 0 Å². The Morgan fingerprint density at radius 2 is 1.74 bits per heavy atom. The molecule has 0 aromatic heterocycles. The zero-order valence-electron chi connectivity index (χ0n) is 17.0. The Kier molecular flexibility index (Phi) is 6.72. The summed E-state index contributed by atoms with van der Waals surface area (Å²) in [5.74, 6) is 1.21. The number of hydrogen-bond acceptors (Lipinski definition) is 5. The molecule has 0 N–H and O–H groups in total. The summed E-state index contributed by atoms with van der Waals surface area (Å²) in [7, 11) is 1.62. The van der Waals surface area contributed by atoms with Crippen LogP contribution in [0.1, 0.15) is 40.2 Å². The second-order valence-electron chi connectivity index (χ2n) is 7.33. The van der Waals surface area contributed by atoms with Crippen LogP contribution in [-0.4, -0.2) is 26.0 Å². The van der Waals surface area contributed by atoms with E-state index in [1.807, 2.05) is 55.1 Å². The normalized spacial score (nSPS) is 12.2. The van der Waals surface area contributed by atoms with Gasteiger partial charge in [0.25, 0.3) is 0 Å². The summed E-state index contributed by atoms with van der Waals surface area (Å²) in [6.45, 7) is 10.9. The first kappa shape index (κ1) is 20.6. The van der Waals surface area contributed by atoms with Gasteiger partial charge in [0, 0.05) is 18.3 Å². The van der Waals surface area contributed by atoms with Crippen molar-refractivity contribution >= 4 is 11.8 Å². The predicted molar refractivity (Wildman–Crippen MR) is 108 cm³/mol. The monoisotopic (exact) mass is 371 g/mol. The van der Waals surface area contributed by atoms with Crippen LogP contribution in [0.4, 0.5) is 10.5 Å². The van der Waals surface area contributed by atoms with E-state index in [0.717, 1.165) is 11.4 Å². The molecule has 0 aliphatic rings. The Morgan fingerprint density at radius 1 is 1.07 bits per heavy atom. The van der Waals surface area contributed by atoms with E-state index in [1.165, 1.54) is 5.56 Å². The minimum atomic E-state index is -0.729. The Labute approximate surface area is 161 Å². The lowest BCUT2D eigenvalue weighted by Gasteiger charge is -2.29. The number of anilines is 1. The molecule has 0 spiro atoms. The zero-order chi connectivity index (χ0) is 20.0. The SMILES string of the molecule is CCN(c1cccc(OC)c1)C(C)OC(=O)Oc1ccc(C(C)(C)C)cc1. The summed E-state index contributed by atoms with van der Waals surface area (Å²) in [4.78, 5) is 14.1. The number of hydrogen-bond donors (Lipinski definition) is 0. The van der Waals surface area contributed by atoms with Crippen LogP contribution in [0.25, 0.3) is 0 Å². The molecule has 0 saturated heterocycles. The standard InChI is InChI=1S/C22H29NO4/c1-7-23(18-9-8-10-20(15-18)25-6)16(2)26-21(24)27-19-13-11-17(12-14-19)22(3,4)5/h8-16H,7H2,1-6H3. The molecule has 0 bridgehead atoms. The maximum atomic E-state index is 12.2. The molecule has 2 rings (SSSR count). The van der Waals surface area contributed by atoms with Gasteiger partial charge in [-0.05, 0) is 49.1 Å². The first-order valence-electron chi connectivity index (χ1n) is 9.14. The van der Waals surface area contributed by atoms with Crippen molar-refractivity contribution in [3.05, 3.63) is 54.1 Å². The maximum absolute atomic E-state index is 12.2. The third-order valence-corrected chi connectivity index (χ3v) is 4.35. The molecule has 5 nitrogen and oxygen atoms in total. The van der Waals surface area contributed by atoms with Crippen molar-refractivity contribution < 1.29 is 19.0 Å². The van der Waals surface area contributed by atoms with Crippen LogP contribution in [0, 0.1) is 0 Å². The van der Waals surface area contributed by atoms with Gasteiger partial charge in [0.2, 0.25) is 0 Å². The number of nitrogens with zero attached hydrogens (tertiary/aromatic N) is 1. The van der Waals surface area contributed by atoms with Crippen molar-refractivity contribution in [3.63, 3.8) is 0 Å². The lowest BCUT2D eigenvalue weighted by Crippen LogP contribution is -2.37. The fourth-order valence-electron chi connectivity index (χ4n) is 2.78. The van der Waals surface area contributed by atoms with Gasteiger partial charge in [-0.25, -0.2) is 4.79 Å². The van der Waals surface area contributed by atoms with Crippen LogP contribution >= 0.6 is 0 Å². The van der Waals surface area contributed by atoms with Crippen molar-refractivity contribution in [2.24, 2.45) is 0 Å². The van der Waals surface area contributed by atoms with Gasteiger partial charge in [-0.2, -0.15) is 0 Å². The number of carbonyl (C=O) groups is 1. The number of carbonyl (C=O) groups excluding carboxylic acids is 1. The number of ether oxygens (including phenoxy) is 3. The van der Waals surface area contributed by atoms with E-state index in [0.29, 0.717) is 12.3 Å². The van der Waals surface area contributed by atoms with Crippen molar-refractivity contribution in [1.82, 2.24) is 0 Å². The quantitative estimate of drug-likeness (QED) is 0.387. The van der Waals surface area contributed by atoms with Crippen molar-refractivity contribution in [2.45, 2.75) is 46.3 Å². The lowest BCUT2D eigenvalue weighted by atomic mass is 9.87. The van der Waals surface area contributed by atoms with E-state index in [9.17, 15) is 4.79 Å². The van der Waals surface area contributed by atoms with Gasteiger partial charge in [0.15, 0.2) is 6.23 Å². The van der Waals surface area contributed by atoms with Crippen LogP contribution < -0.4 is 14.4 Å². The van der Waals surface area contributed by atoms with E-state index < -0.39 is 12.4 Å². The Morgan fingerprint density at radius 3 is 2.30 bits per heavy atom. The van der Waals surface area contributed by atoms with Crippen molar-refractivity contribution in [3.8, 4) is 11.5 Å². The highest BCUT2D eigenvalue weighted by Crippen LogP contribution is 2.25. The number of rotatable bonds is 6. The Bertz CT molecular complexity index is 750. The molecule has 1 unspecified atom stereocenters. The van der Waals surface area contributed by atoms with Crippen molar-refractivity contribution in [1.29, 1.82) is 0 Å². The maximum Gasteiger partial charge on any atom is 0.515 e. The van der Waals surface area contributed by atoms with Gasteiger partial charge in [0.1, 0.15) is 11.5 Å². The summed E-state index contributed by atoms with van der Waals surface area (Å²) in [6.07, 6.45) is -1.21. The van der Waals surface area contributed by atoms with Crippen LogP contribution in [0.5, 0.6) is 11.5 Å². The molecule has 0 heterocycles. The largest absolute Gasteiger partial charge is 0.515 e. The molecular formula is C22H29NO4. The summed E-state index contributed by atoms with van der Waals surface area (Å²) in [5.41, 5.74) is 2.13. The minimum Gasteiger partial charge on any atom is -0.497 e. The van der Waals surface area contributed by atoms with E-state index in [4.69, 9.17) is 14.2 Å². The third kappa shape index (κ3) is 5.64. The second kappa shape index (κ2) is 8.80. The van der Waals surface area contributed by atoms with Gasteiger partial charge >= 0.3 is 6.16 Å². The highest BCUT2D eigenvalue weighted by Gasteiger charge is 2.19. The number of methoxy groups -OCH3 is 1. The molecule has 27 heavy (non-hydrogen) atoms. The van der Waals surface area contributed by atoms with E-state index in [-0.39, 0.29) is 5.41 Å². The molecular weight excluding hydrogens is 342 g/mol. The molecule has 0 aliphatic heterocycles. The fourth-order valence-corrected chi connectivity index (χ4v) is 2.78. The highest BCUT2D eigenvalue weighted by atomic mass is 16.7. The topological polar surface area (TPSA) is 48.0 Å². The number of benzene rings is 2. The average Bonchev–Trinajstić information content (AvgIpc) is 2.62. The van der Waals surface area contributed by atoms with E-state index >= 15 is 0 Å². The summed E-state index contributed by atoms with van der Waals surface area (Å²) in [6, 6.07) is 15.1. The van der Waals surface area contributed by atoms with E-state index in [1.54, 1.807) is 19.2 Å². The minimum absolute atomic E-state index is 0.0475. The molecule has 0 saturated carbocycles. The molecule has 5 heteroatoms. The van der Waals surface area contributed by atoms with Gasteiger partial charge in [-0.3, -0.25) is 0 Å². The summed E-state index contributed by atoms with van der Waals surface area (Å²) < 4.78 is 16.0. The van der Waals surface area contributed by atoms with E-state index in [2.05, 4.69) is 20.8 Å². The molecule has 2 aromatic rings. The van der Waals surface area contributed by atoms with Crippen LogP contribution in [0.2, 0.25) is 0 Å². The zero-order valence-corrected chi connectivity index (χ0v) is 17.0. The Hall–Kier alpha value is -2.69. The highest BCUT2D eigenvalue weighted by molar-refractivity contribution is 5.64. The summed E-state index contributed by atoms with van der Waals surface area (Å²) in [5, 5.41) is 0. The Balaban J connectivity index is 2.01. The van der Waals surface area contributed by atoms with Gasteiger partial charge in [-0.15, -0.1) is 0 Å². The third-order valence-electron chi connectivity index (χ3n) is 4.35. The van der Waals surface area contributed by atoms with Gasteiger partial charge in [-0.1, -0.05) is 39.0 Å². The molecule has 0 amide bonds. The molecule has 2 aromatic carbocycles. The molecule has 146 valence electrons. The smallest absolute Gasteiger partial charge is 0.497 e. The fraction of sp³-hybridized carbons (Fsp3) is 0.409. The lowest BCUT2D eigenvalue weighted by molar-refractivity contribution is 0.0645. The van der Waals surface area contributed by atoms with Gasteiger partial charge in [0.05, 0.1) is 7.11 Å². The average molecular weight is 371 g/mol. The summed E-state index contributed by atoms with van der Waals surface area (Å²) >= 11 is 0. The van der Waals surface area contributed by atoms with Crippen molar-refractivity contribution in [2.75, 3.05) is 18.6 Å². The molecule has 0 radical (unpaired) electrons. The van der Waals surface area contributed by atoms with Crippen LogP contribution in [-0.2, 0) is 10.2 Å².